The van der Waals surface area contributed by atoms with Gasteiger partial charge in [-0.1, -0.05) is 0 Å². The van der Waals surface area contributed by atoms with Gasteiger partial charge in [0.15, 0.2) is 5.65 Å². The number of rotatable bonds is 4. The lowest BCUT2D eigenvalue weighted by Gasteiger charge is -2.06. The van der Waals surface area contributed by atoms with E-state index in [1.165, 1.54) is 0 Å². The molecule has 0 atom stereocenters. The quantitative estimate of drug-likeness (QED) is 0.407. The van der Waals surface area contributed by atoms with Gasteiger partial charge in [0.2, 0.25) is 11.8 Å². The van der Waals surface area contributed by atoms with Gasteiger partial charge < -0.3 is 9.73 Å². The van der Waals surface area contributed by atoms with Crippen molar-refractivity contribution in [2.24, 2.45) is 5.84 Å². The molecule has 0 fully saturated rings. The first kappa shape index (κ1) is 12.4. The number of oxazole rings is 1. The third-order valence-electron chi connectivity index (χ3n) is 2.92. The normalized spacial score (nSPS) is 10.9. The highest BCUT2D eigenvalue weighted by Gasteiger charge is 2.11. The number of aromatic amines is 1. The number of nitrogens with two attached hydrogens (primary N) is 1. The maximum absolute atomic E-state index is 5.51. The molecule has 3 aromatic rings. The van der Waals surface area contributed by atoms with Crippen LogP contribution < -0.4 is 16.6 Å². The molecule has 9 nitrogen and oxygen atoms in total. The van der Waals surface area contributed by atoms with Crippen molar-refractivity contribution in [3.63, 3.8) is 0 Å². The molecule has 104 valence electrons. The highest BCUT2D eigenvalue weighted by molar-refractivity contribution is 5.86. The Morgan fingerprint density at radius 2 is 2.15 bits per heavy atom. The van der Waals surface area contributed by atoms with Crippen LogP contribution in [0.2, 0.25) is 0 Å². The van der Waals surface area contributed by atoms with Gasteiger partial charge >= 0.3 is 0 Å². The van der Waals surface area contributed by atoms with Crippen LogP contribution >= 0.6 is 0 Å². The van der Waals surface area contributed by atoms with Gasteiger partial charge in [-0.05, 0) is 13.8 Å². The van der Waals surface area contributed by atoms with E-state index in [0.29, 0.717) is 29.8 Å². The van der Waals surface area contributed by atoms with Crippen LogP contribution in [-0.4, -0.2) is 25.1 Å². The van der Waals surface area contributed by atoms with E-state index in [1.807, 2.05) is 13.8 Å². The largest absolute Gasteiger partial charge is 0.444 e. The summed E-state index contributed by atoms with van der Waals surface area (Å²) in [6.07, 6.45) is 1.64. The molecule has 0 saturated carbocycles. The number of hydrogen-bond donors (Lipinski definition) is 4. The average Bonchev–Trinajstić information content (AvgIpc) is 3.03. The van der Waals surface area contributed by atoms with Crippen LogP contribution in [0, 0.1) is 13.8 Å². The summed E-state index contributed by atoms with van der Waals surface area (Å²) in [5.41, 5.74) is 3.88. The molecule has 0 unspecified atom stereocenters. The molecule has 0 aliphatic heterocycles. The number of nitrogen functional groups attached to an aromatic ring is 1. The van der Waals surface area contributed by atoms with Crippen LogP contribution in [-0.2, 0) is 6.54 Å². The standard InChI is InChI=1S/C11H14N8O/c1-5-6(2)20-8(15-5)4-13-9-7-3-14-19-10(7)17-11(16-9)18-12/h3H,4,12H2,1-2H3,(H3,13,14,16,17,18,19). The smallest absolute Gasteiger partial charge is 0.241 e. The Labute approximate surface area is 114 Å². The van der Waals surface area contributed by atoms with Gasteiger partial charge in [0.05, 0.1) is 23.8 Å². The number of nitrogens with one attached hydrogen (secondary N) is 3. The Morgan fingerprint density at radius 3 is 2.85 bits per heavy atom. The summed E-state index contributed by atoms with van der Waals surface area (Å²) in [6, 6.07) is 0. The lowest BCUT2D eigenvalue weighted by Crippen LogP contribution is -2.12. The third-order valence-corrected chi connectivity index (χ3v) is 2.92. The van der Waals surface area contributed by atoms with Crippen LogP contribution in [0.4, 0.5) is 11.8 Å². The molecular formula is C11H14N8O. The lowest BCUT2D eigenvalue weighted by atomic mass is 10.4. The Morgan fingerprint density at radius 1 is 1.30 bits per heavy atom. The summed E-state index contributed by atoms with van der Waals surface area (Å²) in [5.74, 6) is 7.64. The minimum absolute atomic E-state index is 0.295. The van der Waals surface area contributed by atoms with Gasteiger partial charge in [-0.25, -0.2) is 10.8 Å². The number of aryl methyl sites for hydroxylation is 2. The second kappa shape index (κ2) is 4.78. The highest BCUT2D eigenvalue weighted by Crippen LogP contribution is 2.20. The number of H-pyrrole nitrogens is 1. The second-order valence-electron chi connectivity index (χ2n) is 4.28. The molecule has 0 aromatic carbocycles. The van der Waals surface area contributed by atoms with E-state index in [1.54, 1.807) is 6.20 Å². The van der Waals surface area contributed by atoms with Gasteiger partial charge in [-0.3, -0.25) is 10.5 Å². The molecule has 3 rings (SSSR count). The Bertz CT molecular complexity index is 727. The minimum atomic E-state index is 0.295. The van der Waals surface area contributed by atoms with Gasteiger partial charge in [-0.15, -0.1) is 0 Å². The molecule has 3 aromatic heterocycles. The first-order valence-corrected chi connectivity index (χ1v) is 6.02. The SMILES string of the molecule is Cc1nc(CNc2nc(NN)nc3[nH]ncc23)oc1C. The van der Waals surface area contributed by atoms with Crippen molar-refractivity contribution in [1.29, 1.82) is 0 Å². The number of fused-ring (bicyclic) bond motifs is 1. The van der Waals surface area contributed by atoms with Crippen molar-refractivity contribution in [2.45, 2.75) is 20.4 Å². The molecule has 0 bridgehead atoms. The molecule has 0 amide bonds. The van der Waals surface area contributed by atoms with E-state index in [4.69, 9.17) is 10.3 Å². The number of nitrogens with zero attached hydrogens (tertiary/aromatic N) is 4. The number of hydrazine groups is 1. The molecule has 0 spiro atoms. The number of anilines is 2. The molecule has 20 heavy (non-hydrogen) atoms. The zero-order valence-electron chi connectivity index (χ0n) is 11.1. The molecule has 9 heteroatoms. The Balaban J connectivity index is 1.88. The maximum atomic E-state index is 5.51. The van der Waals surface area contributed by atoms with Crippen LogP contribution in [0.25, 0.3) is 11.0 Å². The summed E-state index contributed by atoms with van der Waals surface area (Å²) in [7, 11) is 0. The van der Waals surface area contributed by atoms with Crippen molar-refractivity contribution in [1.82, 2.24) is 25.1 Å². The number of hydrogen-bond acceptors (Lipinski definition) is 8. The molecule has 5 N–H and O–H groups in total. The molecule has 0 saturated heterocycles. The van der Waals surface area contributed by atoms with Crippen molar-refractivity contribution < 1.29 is 4.42 Å². The molecule has 0 radical (unpaired) electrons. The summed E-state index contributed by atoms with van der Waals surface area (Å²) in [5, 5.41) is 10.6. The fourth-order valence-corrected chi connectivity index (χ4v) is 1.81. The lowest BCUT2D eigenvalue weighted by molar-refractivity contribution is 0.478. The Hall–Kier alpha value is -2.68. The first-order chi connectivity index (χ1) is 9.67. The molecule has 0 aliphatic carbocycles. The first-order valence-electron chi connectivity index (χ1n) is 6.02. The predicted molar refractivity (Wildman–Crippen MR) is 72.8 cm³/mol. The zero-order valence-corrected chi connectivity index (χ0v) is 11.1. The van der Waals surface area contributed by atoms with Gasteiger partial charge in [0, 0.05) is 0 Å². The van der Waals surface area contributed by atoms with Crippen molar-refractivity contribution in [3.8, 4) is 0 Å². The van der Waals surface area contributed by atoms with E-state index in [0.717, 1.165) is 16.8 Å². The van der Waals surface area contributed by atoms with Gasteiger partial charge in [0.25, 0.3) is 0 Å². The van der Waals surface area contributed by atoms with Crippen LogP contribution in [0.3, 0.4) is 0 Å². The van der Waals surface area contributed by atoms with Crippen molar-refractivity contribution in [3.05, 3.63) is 23.5 Å². The predicted octanol–water partition coefficient (Wildman–Crippen LogP) is 0.855. The summed E-state index contributed by atoms with van der Waals surface area (Å²) in [6.45, 7) is 4.19. The van der Waals surface area contributed by atoms with E-state index in [-0.39, 0.29) is 0 Å². The highest BCUT2D eigenvalue weighted by atomic mass is 16.4. The van der Waals surface area contributed by atoms with E-state index >= 15 is 0 Å². The van der Waals surface area contributed by atoms with Crippen molar-refractivity contribution >= 4 is 22.8 Å². The van der Waals surface area contributed by atoms with E-state index in [9.17, 15) is 0 Å². The minimum Gasteiger partial charge on any atom is -0.444 e. The summed E-state index contributed by atoms with van der Waals surface area (Å²) >= 11 is 0. The van der Waals surface area contributed by atoms with E-state index < -0.39 is 0 Å². The fourth-order valence-electron chi connectivity index (χ4n) is 1.81. The van der Waals surface area contributed by atoms with E-state index in [2.05, 4.69) is 35.9 Å². The van der Waals surface area contributed by atoms with Crippen LogP contribution in [0.15, 0.2) is 10.6 Å². The maximum Gasteiger partial charge on any atom is 0.241 e. The molecule has 3 heterocycles. The van der Waals surface area contributed by atoms with Crippen molar-refractivity contribution in [2.75, 3.05) is 10.7 Å². The van der Waals surface area contributed by atoms with Crippen LogP contribution in [0.5, 0.6) is 0 Å². The van der Waals surface area contributed by atoms with Gasteiger partial charge in [-0.2, -0.15) is 15.1 Å². The van der Waals surface area contributed by atoms with Crippen LogP contribution in [0.1, 0.15) is 17.3 Å². The third kappa shape index (κ3) is 2.14. The molecule has 0 aliphatic rings. The second-order valence-corrected chi connectivity index (χ2v) is 4.28. The monoisotopic (exact) mass is 274 g/mol. The zero-order chi connectivity index (χ0) is 14.1. The summed E-state index contributed by atoms with van der Waals surface area (Å²) < 4.78 is 5.51. The number of aromatic nitrogens is 5. The Kier molecular flexibility index (Phi) is 2.95. The summed E-state index contributed by atoms with van der Waals surface area (Å²) in [4.78, 5) is 12.7. The topological polar surface area (TPSA) is 131 Å². The fraction of sp³-hybridized carbons (Fsp3) is 0.273. The van der Waals surface area contributed by atoms with Gasteiger partial charge in [0.1, 0.15) is 11.6 Å². The average molecular weight is 274 g/mol. The molecular weight excluding hydrogens is 260 g/mol.